The van der Waals surface area contributed by atoms with E-state index in [1.165, 1.54) is 6.21 Å². The second kappa shape index (κ2) is 2.68. The summed E-state index contributed by atoms with van der Waals surface area (Å²) in [6.45, 7) is 1.73. The van der Waals surface area contributed by atoms with Crippen LogP contribution in [0.4, 0.5) is 13.2 Å². The van der Waals surface area contributed by atoms with Crippen LogP contribution in [0.3, 0.4) is 0 Å². The highest BCUT2D eigenvalue weighted by atomic mass is 19.4. The molecule has 0 saturated heterocycles. The minimum absolute atomic E-state index is 0.0220. The number of hydrogen-bond donors (Lipinski definition) is 0. The lowest BCUT2D eigenvalue weighted by Gasteiger charge is -2.16. The molecule has 0 bridgehead atoms. The van der Waals surface area contributed by atoms with Gasteiger partial charge >= 0.3 is 6.18 Å². The lowest BCUT2D eigenvalue weighted by atomic mass is 10.1. The zero-order chi connectivity index (χ0) is 8.48. The average molecular weight is 163 g/mol. The van der Waals surface area contributed by atoms with Crippen LogP contribution in [0.1, 0.15) is 13.3 Å². The smallest absolute Gasteiger partial charge is 0.280 e. The van der Waals surface area contributed by atoms with E-state index in [4.69, 9.17) is 0 Å². The van der Waals surface area contributed by atoms with Gasteiger partial charge in [0.2, 0.25) is 0 Å². The quantitative estimate of drug-likeness (QED) is 0.519. The molecule has 62 valence electrons. The minimum atomic E-state index is -4.19. The highest BCUT2D eigenvalue weighted by Crippen LogP contribution is 2.27. The van der Waals surface area contributed by atoms with E-state index in [9.17, 15) is 13.2 Å². The number of hydrogen-bond acceptors (Lipinski definition) is 1. The Hall–Kier alpha value is -0.800. The molecule has 1 atom stereocenters. The third kappa shape index (κ3) is 2.06. The fraction of sp³-hybridized carbons (Fsp3) is 0.571. The van der Waals surface area contributed by atoms with E-state index in [-0.39, 0.29) is 6.42 Å². The minimum Gasteiger partial charge on any atom is -0.280 e. The molecule has 0 aromatic heterocycles. The van der Waals surface area contributed by atoms with Gasteiger partial charge in [-0.05, 0) is 18.9 Å². The maximum atomic E-state index is 11.9. The summed E-state index contributed by atoms with van der Waals surface area (Å²) in [7, 11) is 0. The molecule has 0 saturated carbocycles. The first kappa shape index (κ1) is 8.30. The maximum Gasteiger partial charge on any atom is 0.411 e. The molecule has 0 aliphatic carbocycles. The molecule has 1 rings (SSSR count). The molecule has 1 aliphatic heterocycles. The fourth-order valence-electron chi connectivity index (χ4n) is 0.837. The average Bonchev–Trinajstić information content (AvgIpc) is 1.86. The van der Waals surface area contributed by atoms with Crippen molar-refractivity contribution in [2.45, 2.75) is 25.6 Å². The van der Waals surface area contributed by atoms with Gasteiger partial charge in [0, 0.05) is 6.21 Å². The Morgan fingerprint density at radius 1 is 1.55 bits per heavy atom. The molecule has 0 aromatic carbocycles. The molecule has 1 unspecified atom stereocenters. The molecule has 0 spiro atoms. The molecule has 11 heavy (non-hydrogen) atoms. The van der Waals surface area contributed by atoms with E-state index in [1.807, 2.05) is 0 Å². The third-order valence-electron chi connectivity index (χ3n) is 1.50. The second-order valence-corrected chi connectivity index (χ2v) is 2.52. The molecule has 1 nitrogen and oxygen atoms in total. The summed E-state index contributed by atoms with van der Waals surface area (Å²) in [5.74, 6) is 0. The number of aliphatic imine (C=N–C) groups is 1. The first-order valence-corrected chi connectivity index (χ1v) is 3.27. The monoisotopic (exact) mass is 163 g/mol. The Bertz CT molecular complexity index is 202. The molecule has 1 heterocycles. The van der Waals surface area contributed by atoms with Crippen molar-refractivity contribution in [1.82, 2.24) is 0 Å². The number of allylic oxidation sites excluding steroid dienone is 1. The summed E-state index contributed by atoms with van der Waals surface area (Å²) < 4.78 is 35.8. The van der Waals surface area contributed by atoms with E-state index in [1.54, 1.807) is 13.0 Å². The molecular weight excluding hydrogens is 155 g/mol. The van der Waals surface area contributed by atoms with Crippen LogP contribution in [0, 0.1) is 0 Å². The van der Waals surface area contributed by atoms with E-state index in [2.05, 4.69) is 4.99 Å². The van der Waals surface area contributed by atoms with Crippen LogP contribution < -0.4 is 0 Å². The first-order valence-electron chi connectivity index (χ1n) is 3.27. The highest BCUT2D eigenvalue weighted by molar-refractivity contribution is 5.78. The summed E-state index contributed by atoms with van der Waals surface area (Å²) in [6, 6.07) is -1.52. The van der Waals surface area contributed by atoms with E-state index < -0.39 is 12.2 Å². The van der Waals surface area contributed by atoms with Crippen LogP contribution in [0.25, 0.3) is 0 Å². The lowest BCUT2D eigenvalue weighted by Crippen LogP contribution is -2.27. The summed E-state index contributed by atoms with van der Waals surface area (Å²) in [5, 5.41) is 0. The van der Waals surface area contributed by atoms with Gasteiger partial charge in [0.1, 0.15) is 6.04 Å². The van der Waals surface area contributed by atoms with Crippen molar-refractivity contribution in [3.63, 3.8) is 0 Å². The summed E-state index contributed by atoms with van der Waals surface area (Å²) in [5.41, 5.74) is 0.797. The number of nitrogens with zero attached hydrogens (tertiary/aromatic N) is 1. The normalized spacial score (nSPS) is 25.1. The first-order chi connectivity index (χ1) is 5.00. The standard InChI is InChI=1S/C7H8F3N/c1-5-2-3-6(11-4-5)7(8,9)10/h2,4,6H,3H2,1H3. The SMILES string of the molecule is CC1=CCC(C(F)(F)F)N=C1. The van der Waals surface area contributed by atoms with E-state index >= 15 is 0 Å². The Labute approximate surface area is 62.6 Å². The van der Waals surface area contributed by atoms with Gasteiger partial charge < -0.3 is 0 Å². The van der Waals surface area contributed by atoms with Gasteiger partial charge in [-0.3, -0.25) is 4.99 Å². The topological polar surface area (TPSA) is 12.4 Å². The number of halogens is 3. The van der Waals surface area contributed by atoms with Gasteiger partial charge in [-0.2, -0.15) is 13.2 Å². The van der Waals surface area contributed by atoms with Crippen molar-refractivity contribution in [2.75, 3.05) is 0 Å². The predicted octanol–water partition coefficient (Wildman–Crippen LogP) is 2.34. The zero-order valence-corrected chi connectivity index (χ0v) is 6.02. The molecule has 4 heteroatoms. The molecule has 1 aliphatic rings. The molecule has 0 fully saturated rings. The summed E-state index contributed by atoms with van der Waals surface area (Å²) in [6.07, 6.45) is -1.40. The van der Waals surface area contributed by atoms with Crippen molar-refractivity contribution in [3.8, 4) is 0 Å². The predicted molar refractivity (Wildman–Crippen MR) is 36.7 cm³/mol. The largest absolute Gasteiger partial charge is 0.411 e. The number of rotatable bonds is 0. The van der Waals surface area contributed by atoms with Crippen molar-refractivity contribution >= 4 is 6.21 Å². The van der Waals surface area contributed by atoms with Crippen LogP contribution in [0.15, 0.2) is 16.6 Å². The van der Waals surface area contributed by atoms with Gasteiger partial charge in [-0.15, -0.1) is 0 Å². The van der Waals surface area contributed by atoms with Crippen LogP contribution in [0.5, 0.6) is 0 Å². The number of dihydropyridines is 1. The Kier molecular flexibility index (Phi) is 2.02. The maximum absolute atomic E-state index is 11.9. The van der Waals surface area contributed by atoms with Gasteiger partial charge in [-0.1, -0.05) is 6.08 Å². The van der Waals surface area contributed by atoms with Gasteiger partial charge in [0.15, 0.2) is 0 Å². The molecule has 0 N–H and O–H groups in total. The van der Waals surface area contributed by atoms with E-state index in [0.717, 1.165) is 5.57 Å². The summed E-state index contributed by atoms with van der Waals surface area (Å²) in [4.78, 5) is 3.36. The lowest BCUT2D eigenvalue weighted by molar-refractivity contribution is -0.146. The Morgan fingerprint density at radius 3 is 2.55 bits per heavy atom. The van der Waals surface area contributed by atoms with Crippen molar-refractivity contribution in [2.24, 2.45) is 4.99 Å². The summed E-state index contributed by atoms with van der Waals surface area (Å²) >= 11 is 0. The highest BCUT2D eigenvalue weighted by Gasteiger charge is 2.38. The van der Waals surface area contributed by atoms with E-state index in [0.29, 0.717) is 0 Å². The Morgan fingerprint density at radius 2 is 2.18 bits per heavy atom. The third-order valence-corrected chi connectivity index (χ3v) is 1.50. The molecule has 0 radical (unpaired) electrons. The van der Waals surface area contributed by atoms with Crippen LogP contribution in [-0.2, 0) is 0 Å². The Balaban J connectivity index is 2.63. The van der Waals surface area contributed by atoms with Crippen LogP contribution >= 0.6 is 0 Å². The van der Waals surface area contributed by atoms with Gasteiger partial charge in [-0.25, -0.2) is 0 Å². The number of alkyl halides is 3. The molecular formula is C7H8F3N. The van der Waals surface area contributed by atoms with Crippen LogP contribution in [0.2, 0.25) is 0 Å². The molecule has 0 amide bonds. The van der Waals surface area contributed by atoms with Gasteiger partial charge in [0.25, 0.3) is 0 Å². The van der Waals surface area contributed by atoms with Crippen LogP contribution in [-0.4, -0.2) is 18.4 Å². The zero-order valence-electron chi connectivity index (χ0n) is 6.02. The van der Waals surface area contributed by atoms with Crippen molar-refractivity contribution < 1.29 is 13.2 Å². The fourth-order valence-corrected chi connectivity index (χ4v) is 0.837. The molecule has 0 aromatic rings. The second-order valence-electron chi connectivity index (χ2n) is 2.52. The van der Waals surface area contributed by atoms with Crippen molar-refractivity contribution in [3.05, 3.63) is 11.6 Å². The van der Waals surface area contributed by atoms with Crippen molar-refractivity contribution in [1.29, 1.82) is 0 Å². The van der Waals surface area contributed by atoms with Gasteiger partial charge in [0.05, 0.1) is 0 Å².